The maximum absolute atomic E-state index is 11.0. The van der Waals surface area contributed by atoms with E-state index in [0.717, 1.165) is 5.56 Å². The van der Waals surface area contributed by atoms with Gasteiger partial charge in [-0.15, -0.1) is 0 Å². The molecule has 1 aliphatic heterocycles. The second-order valence-electron chi connectivity index (χ2n) is 5.45. The Morgan fingerprint density at radius 3 is 2.82 bits per heavy atom. The van der Waals surface area contributed by atoms with Crippen LogP contribution in [-0.2, 0) is 6.42 Å². The van der Waals surface area contributed by atoms with Crippen LogP contribution >= 0.6 is 0 Å². The summed E-state index contributed by atoms with van der Waals surface area (Å²) in [4.78, 5) is 11.0. The number of hydrogen-bond donors (Lipinski definition) is 3. The summed E-state index contributed by atoms with van der Waals surface area (Å²) in [5.41, 5.74) is 1.61. The number of phenols is 1. The summed E-state index contributed by atoms with van der Waals surface area (Å²) in [5.74, 6) is -0.522. The fraction of sp³-hybridized carbons (Fsp3) is 0.235. The molecule has 2 atom stereocenters. The Hall–Kier alpha value is -2.53. The van der Waals surface area contributed by atoms with Crippen molar-refractivity contribution in [1.82, 2.24) is 0 Å². The van der Waals surface area contributed by atoms with Crippen molar-refractivity contribution in [3.63, 3.8) is 0 Å². The van der Waals surface area contributed by atoms with E-state index in [2.05, 4.69) is 0 Å². The second-order valence-corrected chi connectivity index (χ2v) is 5.45. The minimum atomic E-state index is -0.974. The Kier molecular flexibility index (Phi) is 3.73. The summed E-state index contributed by atoms with van der Waals surface area (Å²) >= 11 is 0. The lowest BCUT2D eigenvalue weighted by Crippen LogP contribution is -2.27. The molecular formula is C17H16O5. The Labute approximate surface area is 127 Å². The quantitative estimate of drug-likeness (QED) is 0.810. The molecule has 2 aromatic rings. The lowest BCUT2D eigenvalue weighted by Gasteiger charge is -2.30. The average Bonchev–Trinajstić information content (AvgIpc) is 2.51. The van der Waals surface area contributed by atoms with E-state index in [9.17, 15) is 15.0 Å². The van der Waals surface area contributed by atoms with Crippen molar-refractivity contribution in [3.8, 4) is 11.5 Å². The monoisotopic (exact) mass is 300 g/mol. The van der Waals surface area contributed by atoms with Crippen LogP contribution in [0.15, 0.2) is 42.5 Å². The Bertz CT molecular complexity index is 710. The van der Waals surface area contributed by atoms with E-state index in [1.165, 1.54) is 18.2 Å². The van der Waals surface area contributed by atoms with E-state index < -0.39 is 12.1 Å². The van der Waals surface area contributed by atoms with Gasteiger partial charge in [-0.3, -0.25) is 0 Å². The third kappa shape index (κ3) is 2.76. The largest absolute Gasteiger partial charge is 0.508 e. The summed E-state index contributed by atoms with van der Waals surface area (Å²) in [5, 5.41) is 29.1. The van der Waals surface area contributed by atoms with Crippen molar-refractivity contribution < 1.29 is 24.9 Å². The lowest BCUT2D eigenvalue weighted by atomic mass is 9.88. The number of carboxylic acids is 1. The molecule has 114 valence electrons. The summed E-state index contributed by atoms with van der Waals surface area (Å²) < 4.78 is 5.62. The van der Waals surface area contributed by atoms with E-state index in [1.807, 2.05) is 6.07 Å². The number of benzene rings is 2. The zero-order chi connectivity index (χ0) is 15.7. The highest BCUT2D eigenvalue weighted by molar-refractivity contribution is 5.87. The zero-order valence-corrected chi connectivity index (χ0v) is 11.8. The minimum Gasteiger partial charge on any atom is -0.508 e. The van der Waals surface area contributed by atoms with Crippen LogP contribution in [0.5, 0.6) is 11.5 Å². The molecular weight excluding hydrogens is 284 g/mol. The molecule has 5 heteroatoms. The van der Waals surface area contributed by atoms with E-state index in [0.29, 0.717) is 24.3 Å². The van der Waals surface area contributed by atoms with Gasteiger partial charge in [0.1, 0.15) is 11.5 Å². The number of carboxylic acid groups (broad SMARTS) is 1. The Morgan fingerprint density at radius 2 is 2.05 bits per heavy atom. The first-order valence-corrected chi connectivity index (χ1v) is 7.00. The van der Waals surface area contributed by atoms with Crippen LogP contribution in [-0.4, -0.2) is 27.9 Å². The van der Waals surface area contributed by atoms with E-state index in [-0.39, 0.29) is 17.2 Å². The molecule has 1 unspecified atom stereocenters. The molecule has 0 aliphatic carbocycles. The smallest absolute Gasteiger partial charge is 0.335 e. The molecule has 0 spiro atoms. The predicted octanol–water partition coefficient (Wildman–Crippen LogP) is 2.38. The molecule has 0 amide bonds. The van der Waals surface area contributed by atoms with Gasteiger partial charge in [0.05, 0.1) is 18.3 Å². The van der Waals surface area contributed by atoms with Crippen LogP contribution in [0.2, 0.25) is 0 Å². The van der Waals surface area contributed by atoms with Crippen LogP contribution in [0.1, 0.15) is 27.6 Å². The molecule has 22 heavy (non-hydrogen) atoms. The van der Waals surface area contributed by atoms with Gasteiger partial charge in [-0.05, 0) is 42.3 Å². The molecule has 0 saturated carbocycles. The number of aromatic hydroxyl groups is 1. The molecule has 1 heterocycles. The van der Waals surface area contributed by atoms with E-state index in [4.69, 9.17) is 9.84 Å². The number of carbonyl (C=O) groups is 1. The molecule has 5 nitrogen and oxygen atoms in total. The predicted molar refractivity (Wildman–Crippen MR) is 79.2 cm³/mol. The lowest BCUT2D eigenvalue weighted by molar-refractivity contribution is 0.0505. The molecule has 0 saturated heterocycles. The highest BCUT2D eigenvalue weighted by Crippen LogP contribution is 2.38. The van der Waals surface area contributed by atoms with Gasteiger partial charge in [0, 0.05) is 11.5 Å². The minimum absolute atomic E-state index is 0.0786. The molecule has 3 N–H and O–H groups in total. The van der Waals surface area contributed by atoms with Crippen LogP contribution in [0.4, 0.5) is 0 Å². The van der Waals surface area contributed by atoms with Gasteiger partial charge in [0.15, 0.2) is 0 Å². The van der Waals surface area contributed by atoms with Crippen molar-refractivity contribution in [2.24, 2.45) is 5.92 Å². The number of rotatable bonds is 3. The molecule has 0 fully saturated rings. The number of hydrogen-bond acceptors (Lipinski definition) is 4. The Morgan fingerprint density at radius 1 is 1.23 bits per heavy atom. The highest BCUT2D eigenvalue weighted by atomic mass is 16.5. The fourth-order valence-electron chi connectivity index (χ4n) is 2.74. The first-order chi connectivity index (χ1) is 10.5. The average molecular weight is 300 g/mol. The van der Waals surface area contributed by atoms with Crippen molar-refractivity contribution in [2.45, 2.75) is 12.5 Å². The van der Waals surface area contributed by atoms with Crippen LogP contribution < -0.4 is 4.74 Å². The molecule has 3 rings (SSSR count). The van der Waals surface area contributed by atoms with E-state index >= 15 is 0 Å². The molecule has 0 bridgehead atoms. The molecule has 0 radical (unpaired) electrons. The van der Waals surface area contributed by atoms with Gasteiger partial charge in [0.2, 0.25) is 0 Å². The maximum Gasteiger partial charge on any atom is 0.335 e. The third-order valence-electron chi connectivity index (χ3n) is 3.88. The summed E-state index contributed by atoms with van der Waals surface area (Å²) in [6, 6.07) is 11.3. The van der Waals surface area contributed by atoms with Crippen LogP contribution in [0.3, 0.4) is 0 Å². The number of aliphatic hydroxyl groups is 1. The normalized spacial score (nSPS) is 20.0. The Balaban J connectivity index is 1.82. The van der Waals surface area contributed by atoms with Crippen LogP contribution in [0.25, 0.3) is 0 Å². The number of phenolic OH excluding ortho intramolecular Hbond substituents is 1. The first-order valence-electron chi connectivity index (χ1n) is 7.00. The standard InChI is InChI=1S/C17H16O5/c18-13-4-5-15-14(8-13)16(19)12(9-22-15)7-10-2-1-3-11(6-10)17(20)21/h1-6,8,12,16,18-19H,7,9H2,(H,20,21)/t12?,16-/m0/s1. The van der Waals surface area contributed by atoms with Gasteiger partial charge in [-0.1, -0.05) is 12.1 Å². The van der Waals surface area contributed by atoms with E-state index in [1.54, 1.807) is 18.2 Å². The van der Waals surface area contributed by atoms with Gasteiger partial charge < -0.3 is 20.1 Å². The topological polar surface area (TPSA) is 87.0 Å². The maximum atomic E-state index is 11.0. The van der Waals surface area contributed by atoms with Crippen molar-refractivity contribution in [3.05, 3.63) is 59.2 Å². The third-order valence-corrected chi connectivity index (χ3v) is 3.88. The highest BCUT2D eigenvalue weighted by Gasteiger charge is 2.29. The summed E-state index contributed by atoms with van der Waals surface area (Å²) in [6.07, 6.45) is -0.262. The molecule has 1 aliphatic rings. The van der Waals surface area contributed by atoms with Crippen molar-refractivity contribution in [1.29, 1.82) is 0 Å². The van der Waals surface area contributed by atoms with Crippen molar-refractivity contribution in [2.75, 3.05) is 6.61 Å². The zero-order valence-electron chi connectivity index (χ0n) is 11.8. The number of aromatic carboxylic acids is 1. The second kappa shape index (κ2) is 5.69. The van der Waals surface area contributed by atoms with Gasteiger partial charge in [-0.2, -0.15) is 0 Å². The number of ether oxygens (including phenoxy) is 1. The first kappa shape index (κ1) is 14.4. The summed E-state index contributed by atoms with van der Waals surface area (Å²) in [7, 11) is 0. The van der Waals surface area contributed by atoms with Crippen molar-refractivity contribution >= 4 is 5.97 Å². The van der Waals surface area contributed by atoms with Gasteiger partial charge in [-0.25, -0.2) is 4.79 Å². The fourth-order valence-corrected chi connectivity index (χ4v) is 2.74. The number of fused-ring (bicyclic) bond motifs is 1. The SMILES string of the molecule is O=C(O)c1cccc(CC2COc3ccc(O)cc3[C@H]2O)c1. The molecule has 0 aromatic heterocycles. The summed E-state index contributed by atoms with van der Waals surface area (Å²) in [6.45, 7) is 0.343. The van der Waals surface area contributed by atoms with Crippen LogP contribution in [0, 0.1) is 5.92 Å². The van der Waals surface area contributed by atoms with Gasteiger partial charge in [0.25, 0.3) is 0 Å². The number of aliphatic hydroxyl groups excluding tert-OH is 1. The molecule has 2 aromatic carbocycles. The van der Waals surface area contributed by atoms with Gasteiger partial charge >= 0.3 is 5.97 Å².